The number of aliphatic hydroxyl groups is 3. The smallest absolute Gasteiger partial charge is 0.166 e. The van der Waals surface area contributed by atoms with E-state index in [4.69, 9.17) is 10.8 Å². The van der Waals surface area contributed by atoms with E-state index < -0.39 is 18.2 Å². The van der Waals surface area contributed by atoms with E-state index in [1.165, 1.54) is 12.7 Å². The summed E-state index contributed by atoms with van der Waals surface area (Å²) in [5.41, 5.74) is 6.98. The summed E-state index contributed by atoms with van der Waals surface area (Å²) in [6.45, 7) is -0.307. The largest absolute Gasteiger partial charge is 0.392 e. The van der Waals surface area contributed by atoms with Crippen LogP contribution in [0.5, 0.6) is 0 Å². The summed E-state index contributed by atoms with van der Waals surface area (Å²) in [6.07, 6.45) is 2.24. The average molecular weight is 263 g/mol. The fourth-order valence-electron chi connectivity index (χ4n) is 2.30. The van der Waals surface area contributed by atoms with Gasteiger partial charge in [-0.2, -0.15) is 0 Å². The van der Waals surface area contributed by atoms with Crippen molar-refractivity contribution < 1.29 is 15.3 Å². The van der Waals surface area contributed by atoms with E-state index in [-0.39, 0.29) is 12.4 Å². The monoisotopic (exact) mass is 263 g/mol. The van der Waals surface area contributed by atoms with Gasteiger partial charge in [0.05, 0.1) is 19.0 Å². The maximum absolute atomic E-state index is 10.0. The van der Waals surface area contributed by atoms with Crippen LogP contribution < -0.4 is 5.73 Å². The number of hydrogen-bond donors (Lipinski definition) is 4. The number of anilines is 1. The molecule has 0 saturated heterocycles. The molecule has 1 aliphatic carbocycles. The molecule has 0 bridgehead atoms. The molecule has 19 heavy (non-hydrogen) atoms. The first kappa shape index (κ1) is 12.0. The van der Waals surface area contributed by atoms with Gasteiger partial charge in [-0.3, -0.25) is 0 Å². The molecule has 0 radical (unpaired) electrons. The number of aromatic nitrogens is 4. The van der Waals surface area contributed by atoms with Gasteiger partial charge < -0.3 is 25.6 Å². The zero-order valence-electron chi connectivity index (χ0n) is 9.88. The van der Waals surface area contributed by atoms with Gasteiger partial charge in [0.2, 0.25) is 0 Å². The van der Waals surface area contributed by atoms with Crippen molar-refractivity contribution in [1.29, 1.82) is 0 Å². The molecule has 8 nitrogen and oxygen atoms in total. The average Bonchev–Trinajstić information content (AvgIpc) is 2.94. The maximum atomic E-state index is 10.0. The Hall–Kier alpha value is -2.03. The molecule has 0 amide bonds. The molecule has 8 heteroatoms. The number of nitrogen functional groups attached to an aromatic ring is 1. The van der Waals surface area contributed by atoms with Gasteiger partial charge in [-0.25, -0.2) is 15.0 Å². The molecule has 0 fully saturated rings. The molecule has 0 saturated carbocycles. The van der Waals surface area contributed by atoms with Gasteiger partial charge in [0.25, 0.3) is 0 Å². The van der Waals surface area contributed by atoms with Crippen molar-refractivity contribution in [3.8, 4) is 0 Å². The van der Waals surface area contributed by atoms with E-state index in [2.05, 4.69) is 15.0 Å². The Balaban J connectivity index is 2.11. The van der Waals surface area contributed by atoms with Gasteiger partial charge in [-0.15, -0.1) is 0 Å². The maximum Gasteiger partial charge on any atom is 0.166 e. The van der Waals surface area contributed by atoms with E-state index in [1.807, 2.05) is 0 Å². The van der Waals surface area contributed by atoms with E-state index in [9.17, 15) is 10.2 Å². The van der Waals surface area contributed by atoms with E-state index in [1.54, 1.807) is 10.6 Å². The third-order valence-corrected chi connectivity index (χ3v) is 3.33. The molecule has 3 atom stereocenters. The van der Waals surface area contributed by atoms with Gasteiger partial charge in [0.15, 0.2) is 11.5 Å². The van der Waals surface area contributed by atoms with Crippen LogP contribution in [0.4, 0.5) is 5.82 Å². The molecule has 2 heterocycles. The minimum absolute atomic E-state index is 0.253. The molecule has 1 unspecified atom stereocenters. The van der Waals surface area contributed by atoms with E-state index in [0.717, 1.165) is 0 Å². The quantitative estimate of drug-likeness (QED) is 0.490. The lowest BCUT2D eigenvalue weighted by atomic mass is 10.1. The molecule has 0 aliphatic heterocycles. The lowest BCUT2D eigenvalue weighted by molar-refractivity contribution is 0.0287. The second kappa shape index (κ2) is 4.26. The van der Waals surface area contributed by atoms with Crippen LogP contribution in [-0.4, -0.2) is 53.7 Å². The first-order valence-electron chi connectivity index (χ1n) is 5.74. The van der Waals surface area contributed by atoms with Crippen molar-refractivity contribution in [2.45, 2.75) is 18.2 Å². The highest BCUT2D eigenvalue weighted by Gasteiger charge is 2.36. The summed E-state index contributed by atoms with van der Waals surface area (Å²) in [4.78, 5) is 12.0. The van der Waals surface area contributed by atoms with Gasteiger partial charge in [0, 0.05) is 0 Å². The fourth-order valence-corrected chi connectivity index (χ4v) is 2.30. The highest BCUT2D eigenvalue weighted by Crippen LogP contribution is 2.31. The molecule has 1 aliphatic rings. The van der Waals surface area contributed by atoms with Gasteiger partial charge in [0.1, 0.15) is 24.1 Å². The minimum Gasteiger partial charge on any atom is -0.392 e. The summed E-state index contributed by atoms with van der Waals surface area (Å²) >= 11 is 0. The van der Waals surface area contributed by atoms with Crippen LogP contribution in [0.15, 0.2) is 24.3 Å². The predicted molar refractivity (Wildman–Crippen MR) is 66.0 cm³/mol. The summed E-state index contributed by atoms with van der Waals surface area (Å²) in [5.74, 6) is 0.253. The number of hydrogen-bond acceptors (Lipinski definition) is 7. The van der Waals surface area contributed by atoms with Crippen molar-refractivity contribution in [3.05, 3.63) is 24.3 Å². The van der Waals surface area contributed by atoms with Gasteiger partial charge >= 0.3 is 0 Å². The highest BCUT2D eigenvalue weighted by atomic mass is 16.3. The lowest BCUT2D eigenvalue weighted by Gasteiger charge is -2.18. The van der Waals surface area contributed by atoms with Crippen molar-refractivity contribution in [1.82, 2.24) is 19.5 Å². The zero-order valence-corrected chi connectivity index (χ0v) is 9.88. The fraction of sp³-hybridized carbons (Fsp3) is 0.364. The Bertz CT molecular complexity index is 653. The summed E-state index contributed by atoms with van der Waals surface area (Å²) in [5, 5.41) is 28.9. The summed E-state index contributed by atoms with van der Waals surface area (Å²) in [7, 11) is 0. The Morgan fingerprint density at radius 1 is 1.26 bits per heavy atom. The Morgan fingerprint density at radius 3 is 2.74 bits per heavy atom. The standard InChI is InChI=1S/C11H13N5O3/c12-10-7-11(14-3-13-10)16(4-15-7)6-1-5(2-17)8(18)9(6)19/h1,3-4,6,8-9,17-19H,2H2,(H2,12,13,14)/t6?,8-,9-/m0/s1. The Labute approximate surface area is 107 Å². The molecule has 5 N–H and O–H groups in total. The number of nitrogens with zero attached hydrogens (tertiary/aromatic N) is 4. The van der Waals surface area contributed by atoms with Crippen molar-refractivity contribution in [2.24, 2.45) is 0 Å². The van der Waals surface area contributed by atoms with Crippen LogP contribution in [0, 0.1) is 0 Å². The first-order valence-corrected chi connectivity index (χ1v) is 5.74. The molecule has 0 aromatic carbocycles. The molecule has 0 spiro atoms. The molecule has 2 aromatic rings. The normalized spacial score (nSPS) is 26.9. The van der Waals surface area contributed by atoms with Crippen LogP contribution >= 0.6 is 0 Å². The van der Waals surface area contributed by atoms with Gasteiger partial charge in [-0.05, 0) is 5.57 Å². The van der Waals surface area contributed by atoms with Crippen LogP contribution in [0.1, 0.15) is 6.04 Å². The van der Waals surface area contributed by atoms with Crippen molar-refractivity contribution in [3.63, 3.8) is 0 Å². The van der Waals surface area contributed by atoms with Crippen molar-refractivity contribution >= 4 is 17.0 Å². The van der Waals surface area contributed by atoms with Crippen LogP contribution in [0.2, 0.25) is 0 Å². The van der Waals surface area contributed by atoms with Crippen molar-refractivity contribution in [2.75, 3.05) is 12.3 Å². The van der Waals surface area contributed by atoms with Crippen LogP contribution in [0.25, 0.3) is 11.2 Å². The number of imidazole rings is 1. The summed E-state index contributed by atoms with van der Waals surface area (Å²) < 4.78 is 1.60. The lowest BCUT2D eigenvalue weighted by Crippen LogP contribution is -2.30. The first-order chi connectivity index (χ1) is 9.13. The van der Waals surface area contributed by atoms with Crippen LogP contribution in [0.3, 0.4) is 0 Å². The van der Waals surface area contributed by atoms with E-state index in [0.29, 0.717) is 16.7 Å². The topological polar surface area (TPSA) is 130 Å². The second-order valence-corrected chi connectivity index (χ2v) is 4.41. The molecule has 2 aromatic heterocycles. The second-order valence-electron chi connectivity index (χ2n) is 4.41. The Kier molecular flexibility index (Phi) is 2.70. The third-order valence-electron chi connectivity index (χ3n) is 3.33. The minimum atomic E-state index is -1.09. The van der Waals surface area contributed by atoms with Gasteiger partial charge in [-0.1, -0.05) is 6.08 Å². The number of nitrogens with two attached hydrogens (primary N) is 1. The molecule has 3 rings (SSSR count). The SMILES string of the molecule is Nc1ncnc2c1ncn2C1C=C(CO)[C@H](O)[C@H]1O. The van der Waals surface area contributed by atoms with E-state index >= 15 is 0 Å². The number of aliphatic hydroxyl groups excluding tert-OH is 3. The third kappa shape index (κ3) is 1.69. The number of fused-ring (bicyclic) bond motifs is 1. The number of rotatable bonds is 2. The zero-order chi connectivity index (χ0) is 13.6. The summed E-state index contributed by atoms with van der Waals surface area (Å²) in [6, 6.07) is -0.545. The molecular formula is C11H13N5O3. The van der Waals surface area contributed by atoms with Crippen LogP contribution in [-0.2, 0) is 0 Å². The highest BCUT2D eigenvalue weighted by molar-refractivity contribution is 5.81. The Morgan fingerprint density at radius 2 is 2.05 bits per heavy atom. The predicted octanol–water partition coefficient (Wildman–Crippen LogP) is -1.40. The molecular weight excluding hydrogens is 250 g/mol. The molecule has 100 valence electrons.